The Morgan fingerprint density at radius 3 is 2.77 bits per heavy atom. The van der Waals surface area contributed by atoms with Gasteiger partial charge in [-0.25, -0.2) is 4.98 Å². The zero-order valence-electron chi connectivity index (χ0n) is 14.9. The first-order valence-electron chi connectivity index (χ1n) is 8.85. The second-order valence-corrected chi connectivity index (χ2v) is 7.21. The van der Waals surface area contributed by atoms with Crippen molar-refractivity contribution in [1.29, 1.82) is 0 Å². The van der Waals surface area contributed by atoms with Gasteiger partial charge in [-0.05, 0) is 37.8 Å². The molecule has 138 valence electrons. The van der Waals surface area contributed by atoms with E-state index in [1.54, 1.807) is 6.07 Å². The Morgan fingerprint density at radius 1 is 1.23 bits per heavy atom. The number of hydrogen-bond donors (Lipinski definition) is 1. The molecule has 0 unspecified atom stereocenters. The molecule has 0 spiro atoms. The number of carbonyl (C=O) groups excluding carboxylic acids is 1. The third-order valence-electron chi connectivity index (χ3n) is 4.24. The van der Waals surface area contributed by atoms with Crippen molar-refractivity contribution >= 4 is 27.8 Å². The van der Waals surface area contributed by atoms with Crippen LogP contribution in [-0.2, 0) is 11.3 Å². The molecule has 7 heteroatoms. The fraction of sp³-hybridized carbons (Fsp3) is 0.421. The highest BCUT2D eigenvalue weighted by Gasteiger charge is 2.15. The molecule has 6 nitrogen and oxygen atoms in total. The molecule has 0 saturated carbocycles. The lowest BCUT2D eigenvalue weighted by atomic mass is 10.1. The molecule has 0 radical (unpaired) electrons. The van der Waals surface area contributed by atoms with E-state index in [-0.39, 0.29) is 12.5 Å². The van der Waals surface area contributed by atoms with Crippen LogP contribution in [-0.4, -0.2) is 35.6 Å². The summed E-state index contributed by atoms with van der Waals surface area (Å²) < 4.78 is 6.57. The molecule has 1 amide bonds. The van der Waals surface area contributed by atoms with Gasteiger partial charge in [0.1, 0.15) is 0 Å². The number of piperidine rings is 1. The Hall–Kier alpha value is -2.15. The van der Waals surface area contributed by atoms with Crippen LogP contribution in [0.1, 0.15) is 30.5 Å². The fourth-order valence-corrected chi connectivity index (χ4v) is 3.28. The SMILES string of the molecule is Cc1cc(OCC(=O)NCc2ccccc2Br)nc(N2CCCCC2)n1. The van der Waals surface area contributed by atoms with Gasteiger partial charge >= 0.3 is 0 Å². The third-order valence-corrected chi connectivity index (χ3v) is 5.02. The highest BCUT2D eigenvalue weighted by Crippen LogP contribution is 2.19. The van der Waals surface area contributed by atoms with Crippen LogP contribution in [0.5, 0.6) is 5.88 Å². The summed E-state index contributed by atoms with van der Waals surface area (Å²) in [6.45, 7) is 4.23. The molecule has 1 aliphatic heterocycles. The van der Waals surface area contributed by atoms with Crippen molar-refractivity contribution in [3.8, 4) is 5.88 Å². The van der Waals surface area contributed by atoms with E-state index in [4.69, 9.17) is 4.74 Å². The van der Waals surface area contributed by atoms with E-state index >= 15 is 0 Å². The number of ether oxygens (including phenoxy) is 1. The fourth-order valence-electron chi connectivity index (χ4n) is 2.86. The summed E-state index contributed by atoms with van der Waals surface area (Å²) in [4.78, 5) is 23.2. The summed E-state index contributed by atoms with van der Waals surface area (Å²) in [7, 11) is 0. The smallest absolute Gasteiger partial charge is 0.258 e. The monoisotopic (exact) mass is 418 g/mol. The topological polar surface area (TPSA) is 67.3 Å². The maximum atomic E-state index is 12.1. The van der Waals surface area contributed by atoms with Crippen LogP contribution < -0.4 is 15.0 Å². The number of anilines is 1. The number of rotatable bonds is 6. The van der Waals surface area contributed by atoms with Gasteiger partial charge in [-0.1, -0.05) is 34.1 Å². The zero-order chi connectivity index (χ0) is 18.4. The highest BCUT2D eigenvalue weighted by atomic mass is 79.9. The van der Waals surface area contributed by atoms with E-state index in [9.17, 15) is 4.79 Å². The summed E-state index contributed by atoms with van der Waals surface area (Å²) in [5, 5.41) is 2.85. The maximum Gasteiger partial charge on any atom is 0.258 e. The van der Waals surface area contributed by atoms with Crippen LogP contribution >= 0.6 is 15.9 Å². The van der Waals surface area contributed by atoms with Crippen molar-refractivity contribution in [2.24, 2.45) is 0 Å². The number of halogens is 1. The first kappa shape index (κ1) is 18.6. The van der Waals surface area contributed by atoms with Crippen molar-refractivity contribution < 1.29 is 9.53 Å². The van der Waals surface area contributed by atoms with Crippen LogP contribution in [0.2, 0.25) is 0 Å². The lowest BCUT2D eigenvalue weighted by molar-refractivity contribution is -0.123. The van der Waals surface area contributed by atoms with Crippen molar-refractivity contribution in [3.63, 3.8) is 0 Å². The van der Waals surface area contributed by atoms with Gasteiger partial charge in [-0.2, -0.15) is 4.98 Å². The van der Waals surface area contributed by atoms with E-state index in [0.717, 1.165) is 41.7 Å². The van der Waals surface area contributed by atoms with Crippen molar-refractivity contribution in [1.82, 2.24) is 15.3 Å². The number of carbonyl (C=O) groups is 1. The second-order valence-electron chi connectivity index (χ2n) is 6.35. The van der Waals surface area contributed by atoms with E-state index in [1.807, 2.05) is 31.2 Å². The molecule has 0 atom stereocenters. The second kappa shape index (κ2) is 8.98. The van der Waals surface area contributed by atoms with Crippen LogP contribution in [0.25, 0.3) is 0 Å². The third kappa shape index (κ3) is 5.17. The van der Waals surface area contributed by atoms with Gasteiger partial charge in [-0.3, -0.25) is 4.79 Å². The number of benzene rings is 1. The molecule has 3 rings (SSSR count). The van der Waals surface area contributed by atoms with E-state index in [0.29, 0.717) is 18.4 Å². The Morgan fingerprint density at radius 2 is 2.00 bits per heavy atom. The molecule has 1 saturated heterocycles. The molecule has 1 aromatic heterocycles. The molecular weight excluding hydrogens is 396 g/mol. The van der Waals surface area contributed by atoms with E-state index in [2.05, 4.69) is 36.1 Å². The number of aromatic nitrogens is 2. The lowest BCUT2D eigenvalue weighted by Gasteiger charge is -2.26. The molecule has 0 bridgehead atoms. The molecule has 2 aromatic rings. The molecule has 2 heterocycles. The molecule has 26 heavy (non-hydrogen) atoms. The average Bonchev–Trinajstić information content (AvgIpc) is 2.66. The van der Waals surface area contributed by atoms with Crippen molar-refractivity contribution in [2.75, 3.05) is 24.6 Å². The van der Waals surface area contributed by atoms with Crippen molar-refractivity contribution in [2.45, 2.75) is 32.7 Å². The molecule has 1 N–H and O–H groups in total. The Balaban J connectivity index is 1.54. The predicted octanol–water partition coefficient (Wildman–Crippen LogP) is 3.23. The van der Waals surface area contributed by atoms with Gasteiger partial charge in [0.25, 0.3) is 5.91 Å². The lowest BCUT2D eigenvalue weighted by Crippen LogP contribution is -2.31. The Labute approximate surface area is 162 Å². The summed E-state index contributed by atoms with van der Waals surface area (Å²) in [6, 6.07) is 9.55. The van der Waals surface area contributed by atoms with Gasteiger partial charge in [0.15, 0.2) is 6.61 Å². The quantitative estimate of drug-likeness (QED) is 0.779. The minimum atomic E-state index is -0.184. The standard InChI is InChI=1S/C19H23BrN4O2/c1-14-11-18(23-19(22-14)24-9-5-2-6-10-24)26-13-17(25)21-12-15-7-3-4-8-16(15)20/h3-4,7-8,11H,2,5-6,9-10,12-13H2,1H3,(H,21,25). The molecule has 1 aliphatic rings. The minimum Gasteiger partial charge on any atom is -0.467 e. The number of amides is 1. The molecule has 1 aromatic carbocycles. The maximum absolute atomic E-state index is 12.1. The van der Waals surface area contributed by atoms with E-state index < -0.39 is 0 Å². The normalized spacial score (nSPS) is 14.2. The number of aryl methyl sites for hydroxylation is 1. The summed E-state index contributed by atoms with van der Waals surface area (Å²) in [5.41, 5.74) is 1.86. The molecule has 0 aliphatic carbocycles. The van der Waals surface area contributed by atoms with Crippen LogP contribution in [0.4, 0.5) is 5.95 Å². The predicted molar refractivity (Wildman–Crippen MR) is 104 cm³/mol. The highest BCUT2D eigenvalue weighted by molar-refractivity contribution is 9.10. The summed E-state index contributed by atoms with van der Waals surface area (Å²) in [5.74, 6) is 0.944. The first-order valence-corrected chi connectivity index (χ1v) is 9.64. The Kier molecular flexibility index (Phi) is 6.44. The van der Waals surface area contributed by atoms with Crippen molar-refractivity contribution in [3.05, 3.63) is 46.1 Å². The van der Waals surface area contributed by atoms with Gasteiger partial charge in [0.05, 0.1) is 0 Å². The first-order chi connectivity index (χ1) is 12.6. The largest absolute Gasteiger partial charge is 0.467 e. The van der Waals surface area contributed by atoms with Crippen LogP contribution in [0.15, 0.2) is 34.8 Å². The Bertz CT molecular complexity index is 763. The molecular formula is C19H23BrN4O2. The average molecular weight is 419 g/mol. The zero-order valence-corrected chi connectivity index (χ0v) is 16.5. The minimum absolute atomic E-state index is 0.0691. The summed E-state index contributed by atoms with van der Waals surface area (Å²) in [6.07, 6.45) is 3.57. The van der Waals surface area contributed by atoms with Crippen LogP contribution in [0.3, 0.4) is 0 Å². The molecule has 1 fully saturated rings. The number of nitrogens with one attached hydrogen (secondary N) is 1. The summed E-state index contributed by atoms with van der Waals surface area (Å²) >= 11 is 3.47. The van der Waals surface area contributed by atoms with Gasteiger partial charge in [0, 0.05) is 35.9 Å². The van der Waals surface area contributed by atoms with Gasteiger partial charge < -0.3 is 15.0 Å². The van der Waals surface area contributed by atoms with Crippen LogP contribution in [0, 0.1) is 6.92 Å². The van der Waals surface area contributed by atoms with Gasteiger partial charge in [0.2, 0.25) is 11.8 Å². The van der Waals surface area contributed by atoms with E-state index in [1.165, 1.54) is 6.42 Å². The number of hydrogen-bond acceptors (Lipinski definition) is 5. The van der Waals surface area contributed by atoms with Gasteiger partial charge in [-0.15, -0.1) is 0 Å². The number of nitrogens with zero attached hydrogens (tertiary/aromatic N) is 3.